The van der Waals surface area contributed by atoms with Gasteiger partial charge in [-0.25, -0.2) is 0 Å². The Morgan fingerprint density at radius 3 is 2.43 bits per heavy atom. The Hall–Kier alpha value is -1.97. The van der Waals surface area contributed by atoms with E-state index >= 15 is 0 Å². The molecule has 0 aromatic carbocycles. The van der Waals surface area contributed by atoms with Crippen molar-refractivity contribution in [3.8, 4) is 0 Å². The second-order valence-electron chi connectivity index (χ2n) is 8.31. The van der Waals surface area contributed by atoms with Gasteiger partial charge in [0, 0.05) is 32.0 Å². The molecule has 2 unspecified atom stereocenters. The summed E-state index contributed by atoms with van der Waals surface area (Å²) in [6.07, 6.45) is 3.74. The van der Waals surface area contributed by atoms with Crippen LogP contribution < -0.4 is 5.32 Å². The summed E-state index contributed by atoms with van der Waals surface area (Å²) in [5, 5.41) is 21.2. The van der Waals surface area contributed by atoms with E-state index in [1.165, 1.54) is 17.1 Å². The number of nitrogens with one attached hydrogen (secondary N) is 1. The molecule has 0 aromatic heterocycles. The monoisotopic (exact) mass is 428 g/mol. The SMILES string of the molecule is CCC(C)(CCOC(C)(C)CCC(=O)O)OCCNC(=O)CCN1C(=O)C=CC1O. The molecule has 1 heterocycles. The van der Waals surface area contributed by atoms with Gasteiger partial charge in [-0.3, -0.25) is 14.4 Å². The number of aliphatic hydroxyl groups is 1. The number of aliphatic hydroxyl groups excluding tert-OH is 1. The number of amides is 2. The summed E-state index contributed by atoms with van der Waals surface area (Å²) in [5.41, 5.74) is -0.924. The topological polar surface area (TPSA) is 125 Å². The van der Waals surface area contributed by atoms with Crippen LogP contribution in [-0.2, 0) is 23.9 Å². The summed E-state index contributed by atoms with van der Waals surface area (Å²) in [4.78, 5) is 35.4. The van der Waals surface area contributed by atoms with E-state index in [1.54, 1.807) is 0 Å². The van der Waals surface area contributed by atoms with Crippen LogP contribution in [-0.4, -0.2) is 76.6 Å². The van der Waals surface area contributed by atoms with Crippen molar-refractivity contribution >= 4 is 17.8 Å². The lowest BCUT2D eigenvalue weighted by molar-refractivity contribution is -0.139. The summed E-state index contributed by atoms with van der Waals surface area (Å²) < 4.78 is 11.8. The predicted octanol–water partition coefficient (Wildman–Crippen LogP) is 1.44. The lowest BCUT2D eigenvalue weighted by Gasteiger charge is -2.31. The second-order valence-corrected chi connectivity index (χ2v) is 8.31. The van der Waals surface area contributed by atoms with Crippen molar-refractivity contribution in [2.75, 3.05) is 26.3 Å². The molecule has 0 spiro atoms. The zero-order valence-electron chi connectivity index (χ0n) is 18.5. The lowest BCUT2D eigenvalue weighted by Crippen LogP contribution is -2.38. The van der Waals surface area contributed by atoms with Crippen LogP contribution in [0.3, 0.4) is 0 Å². The van der Waals surface area contributed by atoms with E-state index in [4.69, 9.17) is 14.6 Å². The quantitative estimate of drug-likeness (QED) is 0.337. The maximum atomic E-state index is 11.9. The molecular formula is C21H36N2O7. The largest absolute Gasteiger partial charge is 0.481 e. The minimum atomic E-state index is -0.963. The van der Waals surface area contributed by atoms with Crippen LogP contribution in [0.2, 0.25) is 0 Å². The van der Waals surface area contributed by atoms with E-state index < -0.39 is 23.4 Å². The average Bonchev–Trinajstić information content (AvgIpc) is 2.99. The zero-order chi connectivity index (χ0) is 22.8. The van der Waals surface area contributed by atoms with Crippen molar-refractivity contribution in [1.82, 2.24) is 10.2 Å². The van der Waals surface area contributed by atoms with E-state index in [-0.39, 0.29) is 31.2 Å². The Balaban J connectivity index is 2.24. The van der Waals surface area contributed by atoms with E-state index in [0.717, 1.165) is 6.42 Å². The number of hydrogen-bond acceptors (Lipinski definition) is 6. The molecule has 9 nitrogen and oxygen atoms in total. The highest BCUT2D eigenvalue weighted by molar-refractivity contribution is 5.90. The van der Waals surface area contributed by atoms with E-state index in [0.29, 0.717) is 32.6 Å². The highest BCUT2D eigenvalue weighted by atomic mass is 16.5. The third-order valence-electron chi connectivity index (χ3n) is 5.28. The molecule has 0 fully saturated rings. The van der Waals surface area contributed by atoms with Crippen LogP contribution >= 0.6 is 0 Å². The molecule has 9 heteroatoms. The van der Waals surface area contributed by atoms with Gasteiger partial charge in [-0.15, -0.1) is 0 Å². The molecule has 1 rings (SSSR count). The number of aliphatic carboxylic acids is 1. The number of carbonyl (C=O) groups is 3. The number of hydrogen-bond donors (Lipinski definition) is 3. The summed E-state index contributed by atoms with van der Waals surface area (Å²) in [6.45, 7) is 9.03. The first-order valence-electron chi connectivity index (χ1n) is 10.4. The van der Waals surface area contributed by atoms with Crippen LogP contribution in [0, 0.1) is 0 Å². The Morgan fingerprint density at radius 2 is 1.87 bits per heavy atom. The summed E-state index contributed by atoms with van der Waals surface area (Å²) >= 11 is 0. The van der Waals surface area contributed by atoms with Crippen molar-refractivity contribution < 1.29 is 34.1 Å². The normalized spacial score (nSPS) is 18.5. The van der Waals surface area contributed by atoms with E-state index in [9.17, 15) is 19.5 Å². The molecule has 3 N–H and O–H groups in total. The summed E-state index contributed by atoms with van der Waals surface area (Å²) in [5.74, 6) is -1.35. The zero-order valence-corrected chi connectivity index (χ0v) is 18.5. The van der Waals surface area contributed by atoms with Gasteiger partial charge in [0.15, 0.2) is 0 Å². The van der Waals surface area contributed by atoms with Crippen molar-refractivity contribution in [2.24, 2.45) is 0 Å². The standard InChI is InChI=1S/C21H36N2O7/c1-5-21(4,11-14-29-20(2,3)10-8-19(27)28)30-15-12-22-16(24)9-13-23-17(25)6-7-18(23)26/h6-7,17,25H,5,8-15H2,1-4H3,(H,22,24)(H,27,28). The molecule has 0 aliphatic carbocycles. The highest BCUT2D eigenvalue weighted by Crippen LogP contribution is 2.23. The Kier molecular flexibility index (Phi) is 10.4. The van der Waals surface area contributed by atoms with Gasteiger partial charge in [0.2, 0.25) is 11.8 Å². The Labute approximate surface area is 178 Å². The van der Waals surface area contributed by atoms with Gasteiger partial charge < -0.3 is 29.9 Å². The van der Waals surface area contributed by atoms with Gasteiger partial charge in [0.1, 0.15) is 6.23 Å². The molecule has 0 radical (unpaired) electrons. The first-order valence-corrected chi connectivity index (χ1v) is 10.4. The lowest BCUT2D eigenvalue weighted by atomic mass is 9.98. The number of carboxylic acids is 1. The van der Waals surface area contributed by atoms with Crippen LogP contribution in [0.1, 0.15) is 59.8 Å². The molecule has 0 saturated carbocycles. The number of rotatable bonds is 15. The molecule has 30 heavy (non-hydrogen) atoms. The molecule has 2 atom stereocenters. The molecular weight excluding hydrogens is 392 g/mol. The maximum Gasteiger partial charge on any atom is 0.303 e. The van der Waals surface area contributed by atoms with Gasteiger partial charge in [0.05, 0.1) is 24.4 Å². The van der Waals surface area contributed by atoms with Crippen LogP contribution in [0.25, 0.3) is 0 Å². The Morgan fingerprint density at radius 1 is 1.17 bits per heavy atom. The second kappa shape index (κ2) is 12.0. The molecule has 1 aliphatic rings. The predicted molar refractivity (Wildman–Crippen MR) is 111 cm³/mol. The van der Waals surface area contributed by atoms with Crippen molar-refractivity contribution in [2.45, 2.75) is 77.2 Å². The molecule has 2 amide bonds. The molecule has 1 aliphatic heterocycles. The number of carboxylic acid groups (broad SMARTS) is 1. The minimum absolute atomic E-state index is 0.0651. The number of nitrogens with zero attached hydrogens (tertiary/aromatic N) is 1. The number of ether oxygens (including phenoxy) is 2. The smallest absolute Gasteiger partial charge is 0.303 e. The van der Waals surface area contributed by atoms with Crippen molar-refractivity contribution in [1.29, 1.82) is 0 Å². The van der Waals surface area contributed by atoms with E-state index in [1.807, 2.05) is 27.7 Å². The van der Waals surface area contributed by atoms with Crippen molar-refractivity contribution in [3.63, 3.8) is 0 Å². The summed E-state index contributed by atoms with van der Waals surface area (Å²) in [6, 6.07) is 0. The van der Waals surface area contributed by atoms with Gasteiger partial charge in [-0.05, 0) is 46.1 Å². The first-order chi connectivity index (χ1) is 14.0. The molecule has 0 aromatic rings. The third-order valence-corrected chi connectivity index (χ3v) is 5.28. The maximum absolute atomic E-state index is 11.9. The van der Waals surface area contributed by atoms with Crippen molar-refractivity contribution in [3.05, 3.63) is 12.2 Å². The summed E-state index contributed by atoms with van der Waals surface area (Å²) in [7, 11) is 0. The molecule has 0 saturated heterocycles. The minimum Gasteiger partial charge on any atom is -0.481 e. The molecule has 0 bridgehead atoms. The number of carbonyl (C=O) groups excluding carboxylic acids is 2. The average molecular weight is 429 g/mol. The van der Waals surface area contributed by atoms with E-state index in [2.05, 4.69) is 5.32 Å². The van der Waals surface area contributed by atoms with Gasteiger partial charge in [-0.2, -0.15) is 0 Å². The van der Waals surface area contributed by atoms with Gasteiger partial charge in [0.25, 0.3) is 0 Å². The molecule has 172 valence electrons. The fourth-order valence-corrected chi connectivity index (χ4v) is 2.91. The van der Waals surface area contributed by atoms with Gasteiger partial charge in [-0.1, -0.05) is 6.92 Å². The van der Waals surface area contributed by atoms with Crippen LogP contribution in [0.15, 0.2) is 12.2 Å². The fourth-order valence-electron chi connectivity index (χ4n) is 2.91. The third kappa shape index (κ3) is 9.69. The van der Waals surface area contributed by atoms with Gasteiger partial charge >= 0.3 is 5.97 Å². The van der Waals surface area contributed by atoms with Crippen LogP contribution in [0.5, 0.6) is 0 Å². The first kappa shape index (κ1) is 26.1. The van der Waals surface area contributed by atoms with Crippen LogP contribution in [0.4, 0.5) is 0 Å². The highest BCUT2D eigenvalue weighted by Gasteiger charge is 2.26. The Bertz CT molecular complexity index is 620. The fraction of sp³-hybridized carbons (Fsp3) is 0.762.